The summed E-state index contributed by atoms with van der Waals surface area (Å²) in [5, 5.41) is 5.44. The first kappa shape index (κ1) is 21.8. The number of hydrogen-bond acceptors (Lipinski definition) is 4. The van der Waals surface area contributed by atoms with E-state index in [4.69, 9.17) is 5.73 Å². The van der Waals surface area contributed by atoms with E-state index in [0.29, 0.717) is 35.1 Å². The molecule has 1 aromatic carbocycles. The molecule has 2 heterocycles. The average molecular weight is 434 g/mol. The zero-order chi connectivity index (χ0) is 19.7. The molecule has 29 heavy (non-hydrogen) atoms. The number of rotatable bonds is 4. The lowest BCUT2D eigenvalue weighted by atomic mass is 9.90. The van der Waals surface area contributed by atoms with Crippen molar-refractivity contribution in [3.63, 3.8) is 0 Å². The van der Waals surface area contributed by atoms with Gasteiger partial charge >= 0.3 is 0 Å². The summed E-state index contributed by atoms with van der Waals surface area (Å²) in [6, 6.07) is 7.95. The molecule has 1 aliphatic heterocycles. The largest absolute Gasteiger partial charge is 0.336 e. The van der Waals surface area contributed by atoms with Gasteiger partial charge in [-0.15, -0.1) is 23.7 Å². The van der Waals surface area contributed by atoms with Gasteiger partial charge in [0.05, 0.1) is 5.56 Å². The Labute approximate surface area is 182 Å². The van der Waals surface area contributed by atoms with E-state index in [0.717, 1.165) is 19.3 Å². The zero-order valence-electron chi connectivity index (χ0n) is 16.6. The standard InChI is InChI=1S/C22H27N3O2S.ClH/c1-14-10-15(12-23)13-25(14)22(27)19-8-9-28-21(19)24-20(26)18-7-6-16-4-2-3-5-17(16)11-18;/h6-9,11,14-15H,2-5,10,12-13,23H2,1H3,(H,24,26);1H. The molecule has 2 aromatic rings. The highest BCUT2D eigenvalue weighted by molar-refractivity contribution is 7.14. The third kappa shape index (κ3) is 4.49. The topological polar surface area (TPSA) is 75.4 Å². The Hall–Kier alpha value is -1.89. The van der Waals surface area contributed by atoms with Crippen molar-refractivity contribution in [2.45, 2.75) is 45.1 Å². The molecule has 0 spiro atoms. The quantitative estimate of drug-likeness (QED) is 0.761. The van der Waals surface area contributed by atoms with Gasteiger partial charge in [-0.2, -0.15) is 0 Å². The predicted molar refractivity (Wildman–Crippen MR) is 120 cm³/mol. The number of likely N-dealkylation sites (tertiary alicyclic amines) is 1. The number of carbonyl (C=O) groups is 2. The molecule has 5 nitrogen and oxygen atoms in total. The highest BCUT2D eigenvalue weighted by atomic mass is 35.5. The number of nitrogens with one attached hydrogen (secondary N) is 1. The van der Waals surface area contributed by atoms with Gasteiger partial charge in [-0.1, -0.05) is 6.07 Å². The molecule has 156 valence electrons. The molecule has 0 radical (unpaired) electrons. The molecule has 1 fully saturated rings. The zero-order valence-corrected chi connectivity index (χ0v) is 18.3. The average Bonchev–Trinajstić information content (AvgIpc) is 3.33. The van der Waals surface area contributed by atoms with Crippen LogP contribution in [0.5, 0.6) is 0 Å². The maximum atomic E-state index is 13.1. The lowest BCUT2D eigenvalue weighted by molar-refractivity contribution is 0.0745. The Morgan fingerprint density at radius 3 is 2.69 bits per heavy atom. The minimum atomic E-state index is -0.154. The Bertz CT molecular complexity index is 898. The van der Waals surface area contributed by atoms with Crippen LogP contribution in [-0.4, -0.2) is 35.8 Å². The van der Waals surface area contributed by atoms with E-state index in [1.54, 1.807) is 6.07 Å². The second-order valence-corrected chi connectivity index (χ2v) is 8.87. The Morgan fingerprint density at radius 2 is 1.97 bits per heavy atom. The van der Waals surface area contributed by atoms with E-state index >= 15 is 0 Å². The molecule has 2 atom stereocenters. The van der Waals surface area contributed by atoms with Crippen LogP contribution in [0.25, 0.3) is 0 Å². The number of fused-ring (bicyclic) bond motifs is 1. The molecule has 2 amide bonds. The highest BCUT2D eigenvalue weighted by Crippen LogP contribution is 2.30. The first-order chi connectivity index (χ1) is 13.6. The van der Waals surface area contributed by atoms with Crippen LogP contribution in [0, 0.1) is 5.92 Å². The van der Waals surface area contributed by atoms with Crippen LogP contribution >= 0.6 is 23.7 Å². The van der Waals surface area contributed by atoms with E-state index in [2.05, 4.69) is 18.3 Å². The van der Waals surface area contributed by atoms with E-state index in [1.165, 1.54) is 35.3 Å². The van der Waals surface area contributed by atoms with E-state index in [1.807, 2.05) is 22.4 Å². The Balaban J connectivity index is 0.00000240. The lowest BCUT2D eigenvalue weighted by Crippen LogP contribution is -2.34. The van der Waals surface area contributed by atoms with Gasteiger partial charge in [0.15, 0.2) is 0 Å². The van der Waals surface area contributed by atoms with Crippen molar-refractivity contribution in [3.8, 4) is 0 Å². The van der Waals surface area contributed by atoms with Gasteiger partial charge in [0, 0.05) is 18.2 Å². The summed E-state index contributed by atoms with van der Waals surface area (Å²) >= 11 is 1.39. The maximum absolute atomic E-state index is 13.1. The minimum Gasteiger partial charge on any atom is -0.336 e. The molecule has 2 unspecified atom stereocenters. The number of aryl methyl sites for hydroxylation is 2. The van der Waals surface area contributed by atoms with Gasteiger partial charge < -0.3 is 16.0 Å². The fraction of sp³-hybridized carbons (Fsp3) is 0.455. The summed E-state index contributed by atoms with van der Waals surface area (Å²) < 4.78 is 0. The van der Waals surface area contributed by atoms with Gasteiger partial charge in [0.1, 0.15) is 5.00 Å². The molecule has 4 rings (SSSR count). The first-order valence-electron chi connectivity index (χ1n) is 10.1. The van der Waals surface area contributed by atoms with Crippen molar-refractivity contribution in [2.75, 3.05) is 18.4 Å². The monoisotopic (exact) mass is 433 g/mol. The molecule has 7 heteroatoms. The third-order valence-corrected chi connectivity index (χ3v) is 6.82. The number of carbonyl (C=O) groups excluding carboxylic acids is 2. The summed E-state index contributed by atoms with van der Waals surface area (Å²) in [5.74, 6) is 0.177. The van der Waals surface area contributed by atoms with Crippen LogP contribution in [0.4, 0.5) is 5.00 Å². The van der Waals surface area contributed by atoms with Crippen LogP contribution in [0.2, 0.25) is 0 Å². The smallest absolute Gasteiger partial charge is 0.257 e. The predicted octanol–water partition coefficient (Wildman–Crippen LogP) is 4.11. The van der Waals surface area contributed by atoms with Gasteiger partial charge in [0.2, 0.25) is 0 Å². The molecule has 0 saturated carbocycles. The number of nitrogens with zero attached hydrogens (tertiary/aromatic N) is 1. The summed E-state index contributed by atoms with van der Waals surface area (Å²) in [7, 11) is 0. The summed E-state index contributed by atoms with van der Waals surface area (Å²) in [4.78, 5) is 27.7. The maximum Gasteiger partial charge on any atom is 0.257 e. The summed E-state index contributed by atoms with van der Waals surface area (Å²) in [6.45, 7) is 3.34. The molecule has 1 aliphatic carbocycles. The fourth-order valence-electron chi connectivity index (χ4n) is 4.38. The van der Waals surface area contributed by atoms with Crippen molar-refractivity contribution < 1.29 is 9.59 Å². The van der Waals surface area contributed by atoms with E-state index in [-0.39, 0.29) is 30.3 Å². The lowest BCUT2D eigenvalue weighted by Gasteiger charge is -2.22. The number of amides is 2. The molecular formula is C22H28ClN3O2S. The van der Waals surface area contributed by atoms with Gasteiger partial charge in [-0.25, -0.2) is 0 Å². The number of benzene rings is 1. The number of halogens is 1. The van der Waals surface area contributed by atoms with Crippen LogP contribution in [0.3, 0.4) is 0 Å². The van der Waals surface area contributed by atoms with Gasteiger partial charge in [-0.3, -0.25) is 9.59 Å². The van der Waals surface area contributed by atoms with Gasteiger partial charge in [-0.05, 0) is 86.2 Å². The number of thiophene rings is 1. The molecule has 1 aromatic heterocycles. The molecule has 0 bridgehead atoms. The molecule has 3 N–H and O–H groups in total. The molecular weight excluding hydrogens is 406 g/mol. The first-order valence-corrected chi connectivity index (χ1v) is 11.0. The molecule has 2 aliphatic rings. The normalized spacial score (nSPS) is 20.7. The summed E-state index contributed by atoms with van der Waals surface area (Å²) in [5.41, 5.74) is 9.65. The second kappa shape index (κ2) is 9.28. The third-order valence-electron chi connectivity index (χ3n) is 5.99. The fourth-order valence-corrected chi connectivity index (χ4v) is 5.15. The van der Waals surface area contributed by atoms with Crippen LogP contribution in [0.15, 0.2) is 29.6 Å². The summed E-state index contributed by atoms with van der Waals surface area (Å²) in [6.07, 6.45) is 5.47. The van der Waals surface area contributed by atoms with Crippen molar-refractivity contribution in [2.24, 2.45) is 11.7 Å². The van der Waals surface area contributed by atoms with Crippen molar-refractivity contribution in [3.05, 3.63) is 51.9 Å². The number of hydrogen-bond donors (Lipinski definition) is 2. The van der Waals surface area contributed by atoms with Crippen molar-refractivity contribution in [1.82, 2.24) is 4.90 Å². The Kier molecular flexibility index (Phi) is 6.98. The Morgan fingerprint density at radius 1 is 1.21 bits per heavy atom. The second-order valence-electron chi connectivity index (χ2n) is 7.95. The van der Waals surface area contributed by atoms with Crippen LogP contribution < -0.4 is 11.1 Å². The van der Waals surface area contributed by atoms with Crippen molar-refractivity contribution in [1.29, 1.82) is 0 Å². The molecule has 1 saturated heterocycles. The van der Waals surface area contributed by atoms with Gasteiger partial charge in [0.25, 0.3) is 11.8 Å². The van der Waals surface area contributed by atoms with E-state index < -0.39 is 0 Å². The SMILES string of the molecule is CC1CC(CN)CN1C(=O)c1ccsc1NC(=O)c1ccc2c(c1)CCCC2.Cl. The highest BCUT2D eigenvalue weighted by Gasteiger charge is 2.33. The van der Waals surface area contributed by atoms with E-state index in [9.17, 15) is 9.59 Å². The van der Waals surface area contributed by atoms with Crippen molar-refractivity contribution >= 4 is 40.6 Å². The number of nitrogens with two attached hydrogens (primary N) is 1. The number of anilines is 1. The minimum absolute atomic E-state index is 0. The van der Waals surface area contributed by atoms with Crippen LogP contribution in [0.1, 0.15) is 58.0 Å². The van der Waals surface area contributed by atoms with Crippen LogP contribution in [-0.2, 0) is 12.8 Å².